The van der Waals surface area contributed by atoms with Gasteiger partial charge in [-0.25, -0.2) is 4.79 Å². The molecular formula is C20H30N2O5. The van der Waals surface area contributed by atoms with E-state index in [0.717, 1.165) is 5.56 Å². The molecule has 0 radical (unpaired) electrons. The average Bonchev–Trinajstić information content (AvgIpc) is 2.59. The quantitative estimate of drug-likeness (QED) is 0.603. The number of ether oxygens (including phenoxy) is 1. The molecule has 0 aliphatic carbocycles. The topological polar surface area (TPSA) is 105 Å². The van der Waals surface area contributed by atoms with Crippen molar-refractivity contribution in [3.63, 3.8) is 0 Å². The summed E-state index contributed by atoms with van der Waals surface area (Å²) in [5.41, 5.74) is 1.59. The number of likely N-dealkylation sites (N-methyl/N-ethyl adjacent to an activating group) is 1. The number of carbonyl (C=O) groups is 3. The van der Waals surface area contributed by atoms with E-state index < -0.39 is 24.5 Å². The van der Waals surface area contributed by atoms with Crippen LogP contribution in [0.1, 0.15) is 74.9 Å². The average molecular weight is 378 g/mol. The van der Waals surface area contributed by atoms with Crippen molar-refractivity contribution in [2.45, 2.75) is 59.4 Å². The number of esters is 1. The summed E-state index contributed by atoms with van der Waals surface area (Å²) in [6.45, 7) is 11.1. The Hall–Kier alpha value is -2.57. The molecule has 0 heterocycles. The number of hydrogen-bond acceptors (Lipinski definition) is 5. The highest BCUT2D eigenvalue weighted by atomic mass is 16.5. The van der Waals surface area contributed by atoms with Gasteiger partial charge in [-0.2, -0.15) is 0 Å². The zero-order valence-electron chi connectivity index (χ0n) is 16.9. The van der Waals surface area contributed by atoms with Crippen molar-refractivity contribution < 1.29 is 24.2 Å². The number of amides is 2. The number of phenols is 1. The smallest absolute Gasteiger partial charge is 0.342 e. The van der Waals surface area contributed by atoms with Gasteiger partial charge in [0, 0.05) is 6.54 Å². The Morgan fingerprint density at radius 3 is 2.22 bits per heavy atom. The number of aromatic hydroxyl groups is 1. The SMILES string of the molecule is CCNC(=O)[C@@H](C)NC(=O)COC(=O)c1cc(C(C)C)cc(C(C)C)c1O. The molecule has 0 aromatic heterocycles. The molecule has 0 aliphatic heterocycles. The van der Waals surface area contributed by atoms with Crippen LogP contribution in [0.5, 0.6) is 5.75 Å². The number of benzene rings is 1. The normalized spacial score (nSPS) is 12.0. The van der Waals surface area contributed by atoms with Crippen LogP contribution in [0.4, 0.5) is 0 Å². The van der Waals surface area contributed by atoms with Crippen LogP contribution >= 0.6 is 0 Å². The first-order valence-electron chi connectivity index (χ1n) is 9.19. The van der Waals surface area contributed by atoms with Crippen molar-refractivity contribution in [3.05, 3.63) is 28.8 Å². The number of hydrogen-bond donors (Lipinski definition) is 3. The molecule has 7 nitrogen and oxygen atoms in total. The van der Waals surface area contributed by atoms with Crippen LogP contribution in [-0.2, 0) is 14.3 Å². The number of carbonyl (C=O) groups excluding carboxylic acids is 3. The lowest BCUT2D eigenvalue weighted by Crippen LogP contribution is -2.46. The molecule has 2 amide bonds. The number of rotatable bonds is 8. The van der Waals surface area contributed by atoms with Crippen LogP contribution in [0.15, 0.2) is 12.1 Å². The minimum atomic E-state index is -0.780. The van der Waals surface area contributed by atoms with E-state index in [4.69, 9.17) is 4.74 Å². The Balaban J connectivity index is 2.85. The molecule has 27 heavy (non-hydrogen) atoms. The molecule has 0 fully saturated rings. The van der Waals surface area contributed by atoms with Gasteiger partial charge in [-0.05, 0) is 42.9 Å². The molecule has 0 unspecified atom stereocenters. The molecule has 1 atom stereocenters. The highest BCUT2D eigenvalue weighted by molar-refractivity contribution is 5.95. The lowest BCUT2D eigenvalue weighted by Gasteiger charge is -2.17. The van der Waals surface area contributed by atoms with Crippen molar-refractivity contribution in [2.75, 3.05) is 13.2 Å². The number of phenolic OH excluding ortho intramolecular Hbond substituents is 1. The number of nitrogens with one attached hydrogen (secondary N) is 2. The fraction of sp³-hybridized carbons (Fsp3) is 0.550. The maximum Gasteiger partial charge on any atom is 0.342 e. The lowest BCUT2D eigenvalue weighted by atomic mass is 9.92. The van der Waals surface area contributed by atoms with Gasteiger partial charge in [-0.3, -0.25) is 9.59 Å². The largest absolute Gasteiger partial charge is 0.507 e. The molecule has 1 aromatic carbocycles. The monoisotopic (exact) mass is 378 g/mol. The van der Waals surface area contributed by atoms with E-state index in [-0.39, 0.29) is 29.1 Å². The maximum atomic E-state index is 12.4. The summed E-state index contributed by atoms with van der Waals surface area (Å²) in [5.74, 6) is -1.63. The third-order valence-electron chi connectivity index (χ3n) is 4.13. The second-order valence-electron chi connectivity index (χ2n) is 7.08. The van der Waals surface area contributed by atoms with E-state index >= 15 is 0 Å². The van der Waals surface area contributed by atoms with E-state index in [0.29, 0.717) is 12.1 Å². The maximum absolute atomic E-state index is 12.4. The van der Waals surface area contributed by atoms with Crippen molar-refractivity contribution in [1.29, 1.82) is 0 Å². The second kappa shape index (κ2) is 9.94. The summed E-state index contributed by atoms with van der Waals surface area (Å²) in [4.78, 5) is 35.9. The Labute approximate surface area is 160 Å². The Kier molecular flexibility index (Phi) is 8.28. The van der Waals surface area contributed by atoms with Crippen LogP contribution in [0.2, 0.25) is 0 Å². The predicted octanol–water partition coefficient (Wildman–Crippen LogP) is 2.44. The van der Waals surface area contributed by atoms with Gasteiger partial charge in [0.05, 0.1) is 0 Å². The minimum Gasteiger partial charge on any atom is -0.507 e. The summed E-state index contributed by atoms with van der Waals surface area (Å²) in [7, 11) is 0. The van der Waals surface area contributed by atoms with Gasteiger partial charge in [0.15, 0.2) is 6.61 Å². The van der Waals surface area contributed by atoms with Crippen molar-refractivity contribution in [2.24, 2.45) is 0 Å². The lowest BCUT2D eigenvalue weighted by molar-refractivity contribution is -0.130. The van der Waals surface area contributed by atoms with Gasteiger partial charge in [-0.15, -0.1) is 0 Å². The molecule has 3 N–H and O–H groups in total. The molecule has 150 valence electrons. The van der Waals surface area contributed by atoms with E-state index in [1.807, 2.05) is 33.8 Å². The molecule has 0 aliphatic rings. The summed E-state index contributed by atoms with van der Waals surface area (Å²) >= 11 is 0. The van der Waals surface area contributed by atoms with Crippen LogP contribution in [0.25, 0.3) is 0 Å². The zero-order valence-corrected chi connectivity index (χ0v) is 16.9. The van der Waals surface area contributed by atoms with Crippen molar-refractivity contribution in [1.82, 2.24) is 10.6 Å². The third-order valence-corrected chi connectivity index (χ3v) is 4.13. The molecule has 0 bridgehead atoms. The van der Waals surface area contributed by atoms with Crippen LogP contribution in [-0.4, -0.2) is 42.1 Å². The third kappa shape index (κ3) is 6.27. The standard InChI is InChI=1S/C20H30N2O5/c1-7-21-19(25)13(6)22-17(23)10-27-20(26)16-9-14(11(2)3)8-15(12(4)5)18(16)24/h8-9,11-13,24H,7,10H2,1-6H3,(H,21,25)(H,22,23)/t13-/m1/s1. The predicted molar refractivity (Wildman–Crippen MR) is 103 cm³/mol. The molecule has 7 heteroatoms. The first-order valence-corrected chi connectivity index (χ1v) is 9.19. The van der Waals surface area contributed by atoms with Crippen LogP contribution in [0, 0.1) is 0 Å². The van der Waals surface area contributed by atoms with E-state index in [2.05, 4.69) is 10.6 Å². The van der Waals surface area contributed by atoms with Gasteiger partial charge in [0.2, 0.25) is 5.91 Å². The Bertz CT molecular complexity index is 698. The zero-order chi connectivity index (χ0) is 20.7. The molecule has 0 saturated heterocycles. The minimum absolute atomic E-state index is 0.0245. The van der Waals surface area contributed by atoms with Crippen LogP contribution < -0.4 is 10.6 Å². The summed E-state index contributed by atoms with van der Waals surface area (Å²) < 4.78 is 5.04. The van der Waals surface area contributed by atoms with Gasteiger partial charge >= 0.3 is 5.97 Å². The highest BCUT2D eigenvalue weighted by Crippen LogP contribution is 2.33. The first-order chi connectivity index (χ1) is 12.6. The summed E-state index contributed by atoms with van der Waals surface area (Å²) in [6.07, 6.45) is 0. The Morgan fingerprint density at radius 1 is 1.07 bits per heavy atom. The highest BCUT2D eigenvalue weighted by Gasteiger charge is 2.22. The first kappa shape index (κ1) is 22.5. The van der Waals surface area contributed by atoms with Gasteiger partial charge in [0.25, 0.3) is 5.91 Å². The van der Waals surface area contributed by atoms with Crippen LogP contribution in [0.3, 0.4) is 0 Å². The summed E-state index contributed by atoms with van der Waals surface area (Å²) in [5, 5.41) is 15.5. The van der Waals surface area contributed by atoms with E-state index in [1.54, 1.807) is 13.0 Å². The molecule has 0 saturated carbocycles. The molecule has 1 aromatic rings. The molecular weight excluding hydrogens is 348 g/mol. The Morgan fingerprint density at radius 2 is 1.70 bits per heavy atom. The van der Waals surface area contributed by atoms with E-state index in [9.17, 15) is 19.5 Å². The second-order valence-corrected chi connectivity index (χ2v) is 7.08. The van der Waals surface area contributed by atoms with Gasteiger partial charge in [-0.1, -0.05) is 33.8 Å². The van der Waals surface area contributed by atoms with Gasteiger partial charge in [0.1, 0.15) is 17.4 Å². The van der Waals surface area contributed by atoms with E-state index in [1.165, 1.54) is 6.92 Å². The van der Waals surface area contributed by atoms with Gasteiger partial charge < -0.3 is 20.5 Å². The van der Waals surface area contributed by atoms with Crippen molar-refractivity contribution in [3.8, 4) is 5.75 Å². The molecule has 0 spiro atoms. The summed E-state index contributed by atoms with van der Waals surface area (Å²) in [6, 6.07) is 2.73. The molecule has 1 rings (SSSR count). The fourth-order valence-electron chi connectivity index (χ4n) is 2.49. The fourth-order valence-corrected chi connectivity index (χ4v) is 2.49. The van der Waals surface area contributed by atoms with Crippen molar-refractivity contribution >= 4 is 17.8 Å².